The number of ketones is 2. The summed E-state index contributed by atoms with van der Waals surface area (Å²) in [4.78, 5) is 24.4. The first-order valence-corrected chi connectivity index (χ1v) is 7.93. The van der Waals surface area contributed by atoms with Gasteiger partial charge < -0.3 is 0 Å². The zero-order chi connectivity index (χ0) is 17.7. The van der Waals surface area contributed by atoms with Crippen LogP contribution in [0.1, 0.15) is 25.0 Å². The first kappa shape index (κ1) is 17.6. The third-order valence-electron chi connectivity index (χ3n) is 4.00. The molecule has 2 aromatic rings. The molecule has 24 heavy (non-hydrogen) atoms. The molecule has 0 aliphatic rings. The van der Waals surface area contributed by atoms with Crippen molar-refractivity contribution in [2.45, 2.75) is 26.7 Å². The summed E-state index contributed by atoms with van der Waals surface area (Å²) in [5.74, 6) is -0.0216. The number of allylic oxidation sites excluding steroid dienone is 2. The zero-order valence-corrected chi connectivity index (χ0v) is 14.3. The third-order valence-corrected chi connectivity index (χ3v) is 4.00. The first-order chi connectivity index (χ1) is 11.4. The van der Waals surface area contributed by atoms with Crippen molar-refractivity contribution in [1.82, 2.24) is 0 Å². The highest BCUT2D eigenvalue weighted by Gasteiger charge is 2.16. The molecule has 0 spiro atoms. The van der Waals surface area contributed by atoms with E-state index in [1.807, 2.05) is 48.5 Å². The van der Waals surface area contributed by atoms with Gasteiger partial charge in [-0.25, -0.2) is 0 Å². The van der Waals surface area contributed by atoms with Crippen LogP contribution in [0.15, 0.2) is 72.8 Å². The van der Waals surface area contributed by atoms with Crippen LogP contribution >= 0.6 is 0 Å². The number of benzene rings is 2. The fourth-order valence-electron chi connectivity index (χ4n) is 2.53. The summed E-state index contributed by atoms with van der Waals surface area (Å²) in [6.45, 7) is 10.9. The lowest BCUT2D eigenvalue weighted by atomic mass is 9.88. The van der Waals surface area contributed by atoms with Crippen LogP contribution in [-0.4, -0.2) is 11.6 Å². The van der Waals surface area contributed by atoms with Crippen LogP contribution in [-0.2, 0) is 22.4 Å². The lowest BCUT2D eigenvalue weighted by Crippen LogP contribution is -2.11. The number of Topliss-reactive ketones (excluding diaryl/α,β-unsaturated/α-hetero) is 2. The lowest BCUT2D eigenvalue weighted by molar-refractivity contribution is -0.116. The number of carbonyl (C=O) groups excluding carboxylic acids is 2. The summed E-state index contributed by atoms with van der Waals surface area (Å²) in [7, 11) is 0. The second kappa shape index (κ2) is 7.69. The Labute approximate surface area is 143 Å². The molecule has 0 bridgehead atoms. The standard InChI is InChI=1S/C22H22O2/c1-15(2)21(23)13-18-11-8-12-19(17-9-6-5-7-10-17)20(18)14-22(24)16(3)4/h5-12H,1,3,13-14H2,2,4H3. The van der Waals surface area contributed by atoms with Crippen LogP contribution < -0.4 is 0 Å². The quantitative estimate of drug-likeness (QED) is 0.692. The van der Waals surface area contributed by atoms with E-state index < -0.39 is 0 Å². The van der Waals surface area contributed by atoms with Crippen LogP contribution in [0.25, 0.3) is 11.1 Å². The second-order valence-corrected chi connectivity index (χ2v) is 6.07. The van der Waals surface area contributed by atoms with Crippen molar-refractivity contribution in [2.75, 3.05) is 0 Å². The van der Waals surface area contributed by atoms with Gasteiger partial charge in [-0.15, -0.1) is 0 Å². The molecule has 2 nitrogen and oxygen atoms in total. The molecule has 0 radical (unpaired) electrons. The molecular weight excluding hydrogens is 296 g/mol. The van der Waals surface area contributed by atoms with E-state index in [1.54, 1.807) is 13.8 Å². The van der Waals surface area contributed by atoms with Crippen LogP contribution in [0.3, 0.4) is 0 Å². The van der Waals surface area contributed by atoms with Gasteiger partial charge in [0.05, 0.1) is 0 Å². The SMILES string of the molecule is C=C(C)C(=O)Cc1cccc(-c2ccccc2)c1CC(=O)C(=C)C. The number of carbonyl (C=O) groups is 2. The molecular formula is C22H22O2. The summed E-state index contributed by atoms with van der Waals surface area (Å²) >= 11 is 0. The molecule has 0 saturated carbocycles. The van der Waals surface area contributed by atoms with E-state index in [4.69, 9.17) is 0 Å². The van der Waals surface area contributed by atoms with E-state index in [2.05, 4.69) is 13.2 Å². The Morgan fingerprint density at radius 3 is 1.96 bits per heavy atom. The Morgan fingerprint density at radius 1 is 0.792 bits per heavy atom. The average Bonchev–Trinajstić information content (AvgIpc) is 2.56. The van der Waals surface area contributed by atoms with E-state index in [9.17, 15) is 9.59 Å². The molecule has 0 fully saturated rings. The Kier molecular flexibility index (Phi) is 5.64. The van der Waals surface area contributed by atoms with Crippen molar-refractivity contribution >= 4 is 11.6 Å². The maximum atomic E-state index is 12.3. The zero-order valence-electron chi connectivity index (χ0n) is 14.3. The molecule has 0 unspecified atom stereocenters. The van der Waals surface area contributed by atoms with E-state index in [1.165, 1.54) is 0 Å². The molecule has 0 amide bonds. The van der Waals surface area contributed by atoms with Crippen molar-refractivity contribution in [3.63, 3.8) is 0 Å². The number of hydrogen-bond donors (Lipinski definition) is 0. The summed E-state index contributed by atoms with van der Waals surface area (Å²) in [6, 6.07) is 15.7. The molecule has 0 saturated heterocycles. The van der Waals surface area contributed by atoms with Gasteiger partial charge in [-0.3, -0.25) is 9.59 Å². The van der Waals surface area contributed by atoms with Crippen LogP contribution in [0.4, 0.5) is 0 Å². The van der Waals surface area contributed by atoms with Crippen LogP contribution in [0.2, 0.25) is 0 Å². The van der Waals surface area contributed by atoms with Gasteiger partial charge in [0.15, 0.2) is 11.6 Å². The monoisotopic (exact) mass is 318 g/mol. The summed E-state index contributed by atoms with van der Waals surface area (Å²) in [5.41, 5.74) is 4.83. The van der Waals surface area contributed by atoms with Gasteiger partial charge in [-0.2, -0.15) is 0 Å². The first-order valence-electron chi connectivity index (χ1n) is 7.93. The third kappa shape index (κ3) is 4.17. The van der Waals surface area contributed by atoms with Gasteiger partial charge in [-0.1, -0.05) is 61.7 Å². The highest BCUT2D eigenvalue weighted by atomic mass is 16.1. The average molecular weight is 318 g/mol. The van der Waals surface area contributed by atoms with E-state index in [0.29, 0.717) is 11.1 Å². The van der Waals surface area contributed by atoms with Crippen molar-refractivity contribution in [1.29, 1.82) is 0 Å². The maximum absolute atomic E-state index is 12.3. The molecule has 0 aliphatic heterocycles. The summed E-state index contributed by atoms with van der Waals surface area (Å²) in [5, 5.41) is 0. The molecule has 0 heterocycles. The Balaban J connectivity index is 2.54. The van der Waals surface area contributed by atoms with Crippen molar-refractivity contribution in [3.05, 3.63) is 84.0 Å². The van der Waals surface area contributed by atoms with Gasteiger partial charge in [0, 0.05) is 12.8 Å². The van der Waals surface area contributed by atoms with Crippen molar-refractivity contribution in [3.8, 4) is 11.1 Å². The number of rotatable bonds is 7. The van der Waals surface area contributed by atoms with Gasteiger partial charge >= 0.3 is 0 Å². The van der Waals surface area contributed by atoms with E-state index in [0.717, 1.165) is 22.3 Å². The fraction of sp³-hybridized carbons (Fsp3) is 0.182. The largest absolute Gasteiger partial charge is 0.294 e. The van der Waals surface area contributed by atoms with E-state index >= 15 is 0 Å². The topological polar surface area (TPSA) is 34.1 Å². The van der Waals surface area contributed by atoms with Crippen molar-refractivity contribution < 1.29 is 9.59 Å². The molecule has 0 N–H and O–H groups in total. The highest BCUT2D eigenvalue weighted by molar-refractivity contribution is 5.99. The van der Waals surface area contributed by atoms with Crippen molar-refractivity contribution in [2.24, 2.45) is 0 Å². The van der Waals surface area contributed by atoms with Gasteiger partial charge in [0.1, 0.15) is 0 Å². The molecule has 2 heteroatoms. The Bertz CT molecular complexity index is 798. The number of hydrogen-bond acceptors (Lipinski definition) is 2. The molecule has 0 aromatic heterocycles. The van der Waals surface area contributed by atoms with Gasteiger partial charge in [0.2, 0.25) is 0 Å². The van der Waals surface area contributed by atoms with Gasteiger partial charge in [0.25, 0.3) is 0 Å². The summed E-state index contributed by atoms with van der Waals surface area (Å²) in [6.07, 6.45) is 0.508. The van der Waals surface area contributed by atoms with Crippen LogP contribution in [0, 0.1) is 0 Å². The van der Waals surface area contributed by atoms with Crippen LogP contribution in [0.5, 0.6) is 0 Å². The second-order valence-electron chi connectivity index (χ2n) is 6.07. The Hall–Kier alpha value is -2.74. The molecule has 0 atom stereocenters. The minimum atomic E-state index is -0.0117. The molecule has 0 aliphatic carbocycles. The van der Waals surface area contributed by atoms with E-state index in [-0.39, 0.29) is 24.4 Å². The minimum absolute atomic E-state index is 0.00997. The Morgan fingerprint density at radius 2 is 1.38 bits per heavy atom. The highest BCUT2D eigenvalue weighted by Crippen LogP contribution is 2.28. The fourth-order valence-corrected chi connectivity index (χ4v) is 2.53. The maximum Gasteiger partial charge on any atom is 0.162 e. The normalized spacial score (nSPS) is 10.2. The predicted octanol–water partition coefficient (Wildman–Crippen LogP) is 4.73. The minimum Gasteiger partial charge on any atom is -0.294 e. The predicted molar refractivity (Wildman–Crippen MR) is 98.9 cm³/mol. The van der Waals surface area contributed by atoms with Gasteiger partial charge in [-0.05, 0) is 47.2 Å². The molecule has 2 aromatic carbocycles. The smallest absolute Gasteiger partial charge is 0.162 e. The lowest BCUT2D eigenvalue weighted by Gasteiger charge is -2.15. The molecule has 2 rings (SSSR count). The molecule has 122 valence electrons. The summed E-state index contributed by atoms with van der Waals surface area (Å²) < 4.78 is 0.